The highest BCUT2D eigenvalue weighted by atomic mass is 16.1. The van der Waals surface area contributed by atoms with E-state index >= 15 is 0 Å². The summed E-state index contributed by atoms with van der Waals surface area (Å²) in [4.78, 5) is 12.1. The second kappa shape index (κ2) is 6.38. The first-order valence-corrected chi connectivity index (χ1v) is 7.00. The molecule has 0 aromatic heterocycles. The summed E-state index contributed by atoms with van der Waals surface area (Å²) < 4.78 is 0. The summed E-state index contributed by atoms with van der Waals surface area (Å²) in [7, 11) is 0. The molecule has 0 heterocycles. The Morgan fingerprint density at radius 1 is 1.05 bits per heavy atom. The Labute approximate surface area is 120 Å². The van der Waals surface area contributed by atoms with Crippen LogP contribution in [0.3, 0.4) is 0 Å². The minimum absolute atomic E-state index is 0.114. The van der Waals surface area contributed by atoms with Gasteiger partial charge in [0.15, 0.2) is 5.78 Å². The molecule has 0 aliphatic rings. The maximum atomic E-state index is 12.1. The van der Waals surface area contributed by atoms with E-state index in [0.29, 0.717) is 12.5 Å². The average molecular weight is 267 g/mol. The Balaban J connectivity index is 2.00. The molecule has 0 unspecified atom stereocenters. The van der Waals surface area contributed by atoms with Gasteiger partial charge < -0.3 is 5.32 Å². The van der Waals surface area contributed by atoms with Gasteiger partial charge >= 0.3 is 0 Å². The summed E-state index contributed by atoms with van der Waals surface area (Å²) in [6.07, 6.45) is 0. The molecule has 2 rings (SSSR count). The van der Waals surface area contributed by atoms with Crippen LogP contribution < -0.4 is 5.32 Å². The Bertz CT molecular complexity index is 585. The van der Waals surface area contributed by atoms with Crippen molar-refractivity contribution in [1.82, 2.24) is 0 Å². The number of carbonyl (C=O) groups excluding carboxylic acids is 1. The van der Waals surface area contributed by atoms with Gasteiger partial charge in [-0.1, -0.05) is 56.3 Å². The van der Waals surface area contributed by atoms with Crippen molar-refractivity contribution in [3.8, 4) is 0 Å². The van der Waals surface area contributed by atoms with Gasteiger partial charge in [-0.05, 0) is 30.0 Å². The number of carbonyl (C=O) groups is 1. The van der Waals surface area contributed by atoms with E-state index in [1.54, 1.807) is 0 Å². The number of aryl methyl sites for hydroxylation is 1. The molecule has 0 saturated heterocycles. The van der Waals surface area contributed by atoms with Crippen molar-refractivity contribution in [2.75, 3.05) is 11.9 Å². The third-order valence-corrected chi connectivity index (χ3v) is 3.48. The number of Topliss-reactive ketones (excluding diaryl/α,β-unsaturated/α-hetero) is 1. The molecule has 0 spiro atoms. The smallest absolute Gasteiger partial charge is 0.181 e. The Morgan fingerprint density at radius 3 is 2.30 bits per heavy atom. The van der Waals surface area contributed by atoms with E-state index in [-0.39, 0.29) is 5.78 Å². The number of benzene rings is 2. The molecule has 1 N–H and O–H groups in total. The lowest BCUT2D eigenvalue weighted by molar-refractivity contribution is 0.101. The number of hydrogen-bond donors (Lipinski definition) is 1. The van der Waals surface area contributed by atoms with Gasteiger partial charge in [-0.25, -0.2) is 0 Å². The zero-order chi connectivity index (χ0) is 14.5. The number of anilines is 1. The molecule has 0 radical (unpaired) electrons. The SMILES string of the molecule is Cc1ccccc1NCC(=O)c1ccc(C(C)C)cc1. The summed E-state index contributed by atoms with van der Waals surface area (Å²) in [5, 5.41) is 3.20. The minimum atomic E-state index is 0.114. The Morgan fingerprint density at radius 2 is 1.70 bits per heavy atom. The first-order chi connectivity index (χ1) is 9.58. The van der Waals surface area contributed by atoms with Gasteiger partial charge in [0.05, 0.1) is 6.54 Å². The monoisotopic (exact) mass is 267 g/mol. The molecule has 0 amide bonds. The topological polar surface area (TPSA) is 29.1 Å². The van der Waals surface area contributed by atoms with Crippen LogP contribution in [0.5, 0.6) is 0 Å². The van der Waals surface area contributed by atoms with Crippen LogP contribution in [0.15, 0.2) is 48.5 Å². The van der Waals surface area contributed by atoms with E-state index in [2.05, 4.69) is 19.2 Å². The zero-order valence-corrected chi connectivity index (χ0v) is 12.3. The highest BCUT2D eigenvalue weighted by molar-refractivity contribution is 5.99. The van der Waals surface area contributed by atoms with Crippen LogP contribution >= 0.6 is 0 Å². The van der Waals surface area contributed by atoms with Gasteiger partial charge in [0.25, 0.3) is 0 Å². The summed E-state index contributed by atoms with van der Waals surface area (Å²) in [5.74, 6) is 0.604. The standard InChI is InChI=1S/C18H21NO/c1-13(2)15-8-10-16(11-9-15)18(20)12-19-17-7-5-4-6-14(17)3/h4-11,13,19H,12H2,1-3H3. The third kappa shape index (κ3) is 3.47. The van der Waals surface area contributed by atoms with E-state index in [1.807, 2.05) is 55.5 Å². The van der Waals surface area contributed by atoms with Crippen LogP contribution in [0.2, 0.25) is 0 Å². The molecular formula is C18H21NO. The predicted molar refractivity (Wildman–Crippen MR) is 84.5 cm³/mol. The van der Waals surface area contributed by atoms with Crippen molar-refractivity contribution >= 4 is 11.5 Å². The number of ketones is 1. The number of rotatable bonds is 5. The van der Waals surface area contributed by atoms with E-state index in [0.717, 1.165) is 16.8 Å². The molecule has 2 aromatic carbocycles. The zero-order valence-electron chi connectivity index (χ0n) is 12.3. The average Bonchev–Trinajstić information content (AvgIpc) is 2.46. The molecule has 0 saturated carbocycles. The summed E-state index contributed by atoms with van der Waals surface area (Å²) >= 11 is 0. The number of hydrogen-bond acceptors (Lipinski definition) is 2. The fraction of sp³-hybridized carbons (Fsp3) is 0.278. The van der Waals surface area contributed by atoms with Crippen molar-refractivity contribution in [1.29, 1.82) is 0 Å². The minimum Gasteiger partial charge on any atom is -0.377 e. The lowest BCUT2D eigenvalue weighted by Gasteiger charge is -2.09. The highest BCUT2D eigenvalue weighted by Gasteiger charge is 2.07. The van der Waals surface area contributed by atoms with Crippen LogP contribution in [0, 0.1) is 6.92 Å². The van der Waals surface area contributed by atoms with Crippen molar-refractivity contribution in [3.05, 3.63) is 65.2 Å². The van der Waals surface area contributed by atoms with Gasteiger partial charge in [0, 0.05) is 11.3 Å². The fourth-order valence-electron chi connectivity index (χ4n) is 2.10. The van der Waals surface area contributed by atoms with Crippen LogP contribution in [0.1, 0.15) is 41.3 Å². The van der Waals surface area contributed by atoms with Gasteiger partial charge in [0.2, 0.25) is 0 Å². The molecule has 2 aromatic rings. The second-order valence-electron chi connectivity index (χ2n) is 5.37. The lowest BCUT2D eigenvalue weighted by Crippen LogP contribution is -2.14. The molecule has 0 aliphatic carbocycles. The molecule has 2 nitrogen and oxygen atoms in total. The Hall–Kier alpha value is -2.09. The maximum Gasteiger partial charge on any atom is 0.181 e. The van der Waals surface area contributed by atoms with E-state index < -0.39 is 0 Å². The van der Waals surface area contributed by atoms with Crippen molar-refractivity contribution in [2.45, 2.75) is 26.7 Å². The van der Waals surface area contributed by atoms with Crippen molar-refractivity contribution in [3.63, 3.8) is 0 Å². The van der Waals surface area contributed by atoms with Gasteiger partial charge in [-0.15, -0.1) is 0 Å². The molecule has 2 heteroatoms. The van der Waals surface area contributed by atoms with E-state index in [4.69, 9.17) is 0 Å². The molecule has 0 aliphatic heterocycles. The summed E-state index contributed by atoms with van der Waals surface area (Å²) in [5.41, 5.74) is 4.18. The molecule has 0 atom stereocenters. The molecular weight excluding hydrogens is 246 g/mol. The first kappa shape index (κ1) is 14.3. The van der Waals surface area contributed by atoms with Crippen LogP contribution in [-0.4, -0.2) is 12.3 Å². The molecule has 20 heavy (non-hydrogen) atoms. The first-order valence-electron chi connectivity index (χ1n) is 7.00. The number of nitrogens with one attached hydrogen (secondary N) is 1. The largest absolute Gasteiger partial charge is 0.377 e. The third-order valence-electron chi connectivity index (χ3n) is 3.48. The van der Waals surface area contributed by atoms with Gasteiger partial charge in [-0.3, -0.25) is 4.79 Å². The van der Waals surface area contributed by atoms with Crippen molar-refractivity contribution in [2.24, 2.45) is 0 Å². The Kier molecular flexibility index (Phi) is 4.57. The molecule has 104 valence electrons. The van der Waals surface area contributed by atoms with Gasteiger partial charge in [-0.2, -0.15) is 0 Å². The summed E-state index contributed by atoms with van der Waals surface area (Å²) in [6, 6.07) is 15.9. The van der Waals surface area contributed by atoms with Crippen LogP contribution in [0.25, 0.3) is 0 Å². The number of para-hydroxylation sites is 1. The fourth-order valence-corrected chi connectivity index (χ4v) is 2.10. The lowest BCUT2D eigenvalue weighted by atomic mass is 10.0. The van der Waals surface area contributed by atoms with E-state index in [9.17, 15) is 4.79 Å². The highest BCUT2D eigenvalue weighted by Crippen LogP contribution is 2.16. The van der Waals surface area contributed by atoms with Crippen molar-refractivity contribution < 1.29 is 4.79 Å². The van der Waals surface area contributed by atoms with Crippen LogP contribution in [0.4, 0.5) is 5.69 Å². The molecule has 0 fully saturated rings. The van der Waals surface area contributed by atoms with Gasteiger partial charge in [0.1, 0.15) is 0 Å². The molecule has 0 bridgehead atoms. The maximum absolute atomic E-state index is 12.1. The van der Waals surface area contributed by atoms with Crippen LogP contribution in [-0.2, 0) is 0 Å². The summed E-state index contributed by atoms with van der Waals surface area (Å²) in [6.45, 7) is 6.66. The second-order valence-corrected chi connectivity index (χ2v) is 5.37. The van der Waals surface area contributed by atoms with E-state index in [1.165, 1.54) is 5.56 Å². The normalized spacial score (nSPS) is 10.6. The predicted octanol–water partition coefficient (Wildman–Crippen LogP) is 4.41. The quantitative estimate of drug-likeness (QED) is 0.813.